The average Bonchev–Trinajstić information content (AvgIpc) is 3.16. The Labute approximate surface area is 157 Å². The number of hydrogen-bond acceptors (Lipinski definition) is 2. The fraction of sp³-hybridized carbons (Fsp3) is 0.500. The van der Waals surface area contributed by atoms with E-state index in [4.69, 9.17) is 0 Å². The second-order valence-corrected chi connectivity index (χ2v) is 8.79. The number of allylic oxidation sites excluding steroid dienone is 6. The van der Waals surface area contributed by atoms with Crippen LogP contribution in [-0.4, -0.2) is 24.5 Å². The average molecular weight is 347 g/mol. The van der Waals surface area contributed by atoms with Crippen LogP contribution in [0.5, 0.6) is 0 Å². The van der Waals surface area contributed by atoms with Gasteiger partial charge in [0.15, 0.2) is 0 Å². The minimum Gasteiger partial charge on any atom is -0.358 e. The highest BCUT2D eigenvalue weighted by Gasteiger charge is 2.31. The lowest BCUT2D eigenvalue weighted by atomic mass is 9.80. The maximum atomic E-state index is 4.19. The van der Waals surface area contributed by atoms with Crippen LogP contribution in [0, 0.1) is 23.7 Å². The van der Waals surface area contributed by atoms with Crippen molar-refractivity contribution in [2.45, 2.75) is 32.1 Å². The summed E-state index contributed by atoms with van der Waals surface area (Å²) in [6.07, 6.45) is 19.1. The normalized spacial score (nSPS) is 34.3. The second-order valence-electron chi connectivity index (χ2n) is 8.79. The molecule has 2 saturated heterocycles. The van der Waals surface area contributed by atoms with Gasteiger partial charge in [-0.3, -0.25) is 4.90 Å². The Morgan fingerprint density at radius 2 is 1.85 bits per heavy atom. The second kappa shape index (κ2) is 6.42. The van der Waals surface area contributed by atoms with Crippen LogP contribution in [0.15, 0.2) is 71.7 Å². The first-order chi connectivity index (χ1) is 12.7. The third-order valence-electron chi connectivity index (χ3n) is 7.13. The van der Waals surface area contributed by atoms with Crippen LogP contribution in [-0.2, 0) is 0 Å². The van der Waals surface area contributed by atoms with E-state index in [1.807, 2.05) is 0 Å². The number of rotatable bonds is 3. The van der Waals surface area contributed by atoms with E-state index in [0.717, 1.165) is 30.0 Å². The van der Waals surface area contributed by atoms with Crippen molar-refractivity contribution >= 4 is 0 Å². The van der Waals surface area contributed by atoms with E-state index in [-0.39, 0.29) is 0 Å². The summed E-state index contributed by atoms with van der Waals surface area (Å²) in [5.74, 6) is 2.77. The Hall–Kier alpha value is -1.80. The topological polar surface area (TPSA) is 15.3 Å². The zero-order valence-electron chi connectivity index (χ0n) is 15.7. The SMILES string of the molecule is C=C1NC2=CC(CN3CCC(C4=CC5CCCC5C=C4)CC3)=CC1C2=C. The van der Waals surface area contributed by atoms with Crippen molar-refractivity contribution in [2.24, 2.45) is 23.7 Å². The predicted octanol–water partition coefficient (Wildman–Crippen LogP) is 4.72. The van der Waals surface area contributed by atoms with Gasteiger partial charge >= 0.3 is 0 Å². The lowest BCUT2D eigenvalue weighted by Gasteiger charge is -2.34. The Morgan fingerprint density at radius 1 is 1.04 bits per heavy atom. The van der Waals surface area contributed by atoms with Gasteiger partial charge in [-0.1, -0.05) is 43.9 Å². The number of piperidine rings is 1. The predicted molar refractivity (Wildman–Crippen MR) is 108 cm³/mol. The smallest absolute Gasteiger partial charge is 0.0435 e. The van der Waals surface area contributed by atoms with Crippen molar-refractivity contribution in [1.29, 1.82) is 0 Å². The monoisotopic (exact) mass is 346 g/mol. The summed E-state index contributed by atoms with van der Waals surface area (Å²) in [5.41, 5.74) is 6.50. The molecule has 3 atom stereocenters. The van der Waals surface area contributed by atoms with E-state index in [0.29, 0.717) is 5.92 Å². The van der Waals surface area contributed by atoms with Crippen LogP contribution in [0.2, 0.25) is 0 Å². The van der Waals surface area contributed by atoms with Crippen molar-refractivity contribution in [3.05, 3.63) is 71.7 Å². The summed E-state index contributed by atoms with van der Waals surface area (Å²) in [6.45, 7) is 11.8. The molecule has 0 aromatic heterocycles. The maximum absolute atomic E-state index is 4.19. The fourth-order valence-electron chi connectivity index (χ4n) is 5.54. The molecule has 0 aromatic rings. The van der Waals surface area contributed by atoms with Gasteiger partial charge < -0.3 is 5.32 Å². The van der Waals surface area contributed by atoms with Gasteiger partial charge in [-0.05, 0) is 79.3 Å². The summed E-state index contributed by atoms with van der Waals surface area (Å²) in [6, 6.07) is 0. The first-order valence-electron chi connectivity index (χ1n) is 10.4. The number of nitrogens with one attached hydrogen (secondary N) is 1. The first kappa shape index (κ1) is 16.4. The number of nitrogens with zero attached hydrogens (tertiary/aromatic N) is 1. The molecule has 136 valence electrons. The van der Waals surface area contributed by atoms with Crippen molar-refractivity contribution in [2.75, 3.05) is 19.6 Å². The zero-order valence-corrected chi connectivity index (χ0v) is 15.7. The van der Waals surface area contributed by atoms with Crippen LogP contribution < -0.4 is 5.32 Å². The molecule has 1 saturated carbocycles. The molecule has 1 N–H and O–H groups in total. The standard InChI is InChI=1S/C24H30N2/c1-16-23-12-18(13-24(16)25-17(23)2)15-26-10-8-20(9-11-26)22-7-6-19-4-3-5-21(19)14-22/h6-7,12-14,19-21,23,25H,1-5,8-11,15H2. The molecule has 3 aliphatic carbocycles. The Morgan fingerprint density at radius 3 is 2.65 bits per heavy atom. The van der Waals surface area contributed by atoms with E-state index in [2.05, 4.69) is 53.8 Å². The minimum atomic E-state index is 0.305. The van der Waals surface area contributed by atoms with Crippen LogP contribution in [0.1, 0.15) is 32.1 Å². The molecule has 2 nitrogen and oxygen atoms in total. The van der Waals surface area contributed by atoms with Crippen molar-refractivity contribution in [3.8, 4) is 0 Å². The van der Waals surface area contributed by atoms with E-state index in [1.54, 1.807) is 5.57 Å². The van der Waals surface area contributed by atoms with Crippen LogP contribution in [0.4, 0.5) is 0 Å². The number of hydrogen-bond donors (Lipinski definition) is 1. The van der Waals surface area contributed by atoms with Gasteiger partial charge in [0.2, 0.25) is 0 Å². The lowest BCUT2D eigenvalue weighted by Crippen LogP contribution is -2.35. The van der Waals surface area contributed by atoms with Gasteiger partial charge in [-0.2, -0.15) is 0 Å². The van der Waals surface area contributed by atoms with E-state index in [9.17, 15) is 0 Å². The molecular weight excluding hydrogens is 316 g/mol. The number of fused-ring (bicyclic) bond motifs is 3. The summed E-state index contributed by atoms with van der Waals surface area (Å²) in [4.78, 5) is 2.63. The molecule has 0 radical (unpaired) electrons. The Balaban J connectivity index is 1.19. The Kier molecular flexibility index (Phi) is 4.04. The van der Waals surface area contributed by atoms with Gasteiger partial charge in [0.25, 0.3) is 0 Å². The Bertz CT molecular complexity index is 755. The van der Waals surface area contributed by atoms with Crippen molar-refractivity contribution in [1.82, 2.24) is 10.2 Å². The van der Waals surface area contributed by atoms with Gasteiger partial charge in [-0.25, -0.2) is 0 Å². The summed E-state index contributed by atoms with van der Waals surface area (Å²) >= 11 is 0. The van der Waals surface area contributed by atoms with Gasteiger partial charge in [0.1, 0.15) is 0 Å². The fourth-order valence-corrected chi connectivity index (χ4v) is 5.54. The summed E-state index contributed by atoms with van der Waals surface area (Å²) in [7, 11) is 0. The summed E-state index contributed by atoms with van der Waals surface area (Å²) < 4.78 is 0. The quantitative estimate of drug-likeness (QED) is 0.795. The van der Waals surface area contributed by atoms with Gasteiger partial charge in [0, 0.05) is 23.9 Å². The van der Waals surface area contributed by atoms with Crippen LogP contribution in [0.3, 0.4) is 0 Å². The van der Waals surface area contributed by atoms with Crippen LogP contribution in [0.25, 0.3) is 0 Å². The largest absolute Gasteiger partial charge is 0.358 e. The molecular formula is C24H30N2. The molecule has 5 aliphatic rings. The maximum Gasteiger partial charge on any atom is 0.0435 e. The lowest BCUT2D eigenvalue weighted by molar-refractivity contribution is 0.215. The molecule has 0 amide bonds. The molecule has 2 bridgehead atoms. The van der Waals surface area contributed by atoms with E-state index in [1.165, 1.54) is 62.0 Å². The third-order valence-corrected chi connectivity index (χ3v) is 7.13. The molecule has 26 heavy (non-hydrogen) atoms. The first-order valence-corrected chi connectivity index (χ1v) is 10.4. The summed E-state index contributed by atoms with van der Waals surface area (Å²) in [5, 5.41) is 3.38. The highest BCUT2D eigenvalue weighted by atomic mass is 15.1. The third kappa shape index (κ3) is 2.85. The highest BCUT2D eigenvalue weighted by molar-refractivity contribution is 5.53. The molecule has 3 unspecified atom stereocenters. The van der Waals surface area contributed by atoms with Crippen molar-refractivity contribution in [3.63, 3.8) is 0 Å². The van der Waals surface area contributed by atoms with E-state index >= 15 is 0 Å². The highest BCUT2D eigenvalue weighted by Crippen LogP contribution is 2.40. The zero-order chi connectivity index (χ0) is 17.7. The molecule has 3 fully saturated rings. The minimum absolute atomic E-state index is 0.305. The van der Waals surface area contributed by atoms with Crippen LogP contribution >= 0.6 is 0 Å². The number of likely N-dealkylation sites (tertiary alicyclic amines) is 1. The molecule has 0 spiro atoms. The van der Waals surface area contributed by atoms with Crippen molar-refractivity contribution < 1.29 is 0 Å². The molecule has 2 aliphatic heterocycles. The molecule has 2 heteroatoms. The molecule has 0 aromatic carbocycles. The van der Waals surface area contributed by atoms with Gasteiger partial charge in [0.05, 0.1) is 0 Å². The van der Waals surface area contributed by atoms with Gasteiger partial charge in [-0.15, -0.1) is 0 Å². The molecule has 5 rings (SSSR count). The molecule has 2 heterocycles. The van der Waals surface area contributed by atoms with E-state index < -0.39 is 0 Å².